The van der Waals surface area contributed by atoms with Gasteiger partial charge in [-0.25, -0.2) is 4.68 Å². The molecule has 0 spiro atoms. The van der Waals surface area contributed by atoms with Crippen LogP contribution in [-0.4, -0.2) is 64.2 Å². The number of likely N-dealkylation sites (N-methyl/N-ethyl adjacent to an activating group) is 1. The van der Waals surface area contributed by atoms with Crippen LogP contribution >= 0.6 is 11.8 Å². The van der Waals surface area contributed by atoms with E-state index < -0.39 is 0 Å². The first kappa shape index (κ1) is 16.2. The number of thioether (sulfide) groups is 1. The van der Waals surface area contributed by atoms with Gasteiger partial charge in [-0.15, -0.1) is 5.10 Å². The number of ether oxygens (including phenoxy) is 1. The number of amides is 1. The predicted octanol–water partition coefficient (Wildman–Crippen LogP) is -0.330. The molecule has 1 aliphatic rings. The summed E-state index contributed by atoms with van der Waals surface area (Å²) in [6.07, 6.45) is 1.77. The van der Waals surface area contributed by atoms with Crippen molar-refractivity contribution in [3.8, 4) is 0 Å². The van der Waals surface area contributed by atoms with Crippen LogP contribution in [0.25, 0.3) is 0 Å². The molecule has 1 fully saturated rings. The lowest BCUT2D eigenvalue weighted by atomic mass is 10.1. The number of rotatable bonds is 8. The van der Waals surface area contributed by atoms with Crippen molar-refractivity contribution in [3.63, 3.8) is 0 Å². The summed E-state index contributed by atoms with van der Waals surface area (Å²) in [5.74, 6) is 0.354. The van der Waals surface area contributed by atoms with Gasteiger partial charge < -0.3 is 15.4 Å². The molecule has 0 bridgehead atoms. The monoisotopic (exact) mass is 314 g/mol. The van der Waals surface area contributed by atoms with Gasteiger partial charge in [-0.3, -0.25) is 4.79 Å². The molecule has 1 aromatic heterocycles. The number of nitrogens with zero attached hydrogens (tertiary/aromatic N) is 4. The van der Waals surface area contributed by atoms with Crippen molar-refractivity contribution in [2.24, 2.45) is 0 Å². The van der Waals surface area contributed by atoms with E-state index >= 15 is 0 Å². The minimum atomic E-state index is 0.0214. The summed E-state index contributed by atoms with van der Waals surface area (Å²) in [4.78, 5) is 11.9. The lowest BCUT2D eigenvalue weighted by Crippen LogP contribution is -2.39. The van der Waals surface area contributed by atoms with Crippen molar-refractivity contribution in [2.45, 2.75) is 37.5 Å². The fraction of sp³-hybridized carbons (Fsp3) is 0.833. The Morgan fingerprint density at radius 3 is 3.05 bits per heavy atom. The molecule has 0 saturated carbocycles. The SMILES string of the molecule is CCNCCn1nnnc1SCC(=O)NC1CCOCC1. The lowest BCUT2D eigenvalue weighted by molar-refractivity contribution is -0.119. The zero-order valence-corrected chi connectivity index (χ0v) is 13.1. The zero-order chi connectivity index (χ0) is 14.9. The Kier molecular flexibility index (Phi) is 6.90. The van der Waals surface area contributed by atoms with Crippen LogP contribution in [0.4, 0.5) is 0 Å². The normalized spacial score (nSPS) is 16.0. The van der Waals surface area contributed by atoms with Gasteiger partial charge in [0.25, 0.3) is 0 Å². The van der Waals surface area contributed by atoms with Gasteiger partial charge >= 0.3 is 0 Å². The Morgan fingerprint density at radius 1 is 1.48 bits per heavy atom. The van der Waals surface area contributed by atoms with Crippen LogP contribution in [0.5, 0.6) is 0 Å². The van der Waals surface area contributed by atoms with Crippen LogP contribution in [-0.2, 0) is 16.1 Å². The number of carbonyl (C=O) groups is 1. The number of hydrogen-bond donors (Lipinski definition) is 2. The number of tetrazole rings is 1. The minimum absolute atomic E-state index is 0.0214. The molecule has 1 saturated heterocycles. The molecule has 0 aromatic carbocycles. The number of carbonyl (C=O) groups excluding carboxylic acids is 1. The molecule has 1 aliphatic heterocycles. The fourth-order valence-corrected chi connectivity index (χ4v) is 2.76. The van der Waals surface area contributed by atoms with Crippen molar-refractivity contribution >= 4 is 17.7 Å². The van der Waals surface area contributed by atoms with Crippen LogP contribution in [0, 0.1) is 0 Å². The quantitative estimate of drug-likeness (QED) is 0.501. The molecule has 21 heavy (non-hydrogen) atoms. The molecule has 0 aliphatic carbocycles. The Morgan fingerprint density at radius 2 is 2.29 bits per heavy atom. The van der Waals surface area contributed by atoms with E-state index in [0.717, 1.165) is 39.1 Å². The molecule has 8 nitrogen and oxygen atoms in total. The van der Waals surface area contributed by atoms with Gasteiger partial charge in [0.2, 0.25) is 11.1 Å². The maximum absolute atomic E-state index is 11.9. The van der Waals surface area contributed by atoms with E-state index in [1.807, 2.05) is 0 Å². The Balaban J connectivity index is 1.71. The van der Waals surface area contributed by atoms with Gasteiger partial charge in [0, 0.05) is 25.8 Å². The molecule has 2 N–H and O–H groups in total. The summed E-state index contributed by atoms with van der Waals surface area (Å²) in [7, 11) is 0. The van der Waals surface area contributed by atoms with E-state index in [4.69, 9.17) is 4.74 Å². The van der Waals surface area contributed by atoms with Gasteiger partial charge in [0.05, 0.1) is 12.3 Å². The van der Waals surface area contributed by atoms with E-state index in [1.165, 1.54) is 11.8 Å². The summed E-state index contributed by atoms with van der Waals surface area (Å²) < 4.78 is 6.99. The topological polar surface area (TPSA) is 94.0 Å². The Hall–Kier alpha value is -1.19. The second kappa shape index (κ2) is 8.96. The molecular weight excluding hydrogens is 292 g/mol. The number of nitrogens with one attached hydrogen (secondary N) is 2. The number of hydrogen-bond acceptors (Lipinski definition) is 7. The fourth-order valence-electron chi connectivity index (χ4n) is 2.04. The lowest BCUT2D eigenvalue weighted by Gasteiger charge is -2.22. The summed E-state index contributed by atoms with van der Waals surface area (Å²) in [6, 6.07) is 0.233. The molecule has 2 heterocycles. The highest BCUT2D eigenvalue weighted by Crippen LogP contribution is 2.13. The molecule has 1 amide bonds. The largest absolute Gasteiger partial charge is 0.381 e. The average Bonchev–Trinajstić information content (AvgIpc) is 2.94. The molecule has 118 valence electrons. The zero-order valence-electron chi connectivity index (χ0n) is 12.2. The van der Waals surface area contributed by atoms with E-state index in [0.29, 0.717) is 17.5 Å². The van der Waals surface area contributed by atoms with E-state index in [9.17, 15) is 4.79 Å². The molecule has 0 atom stereocenters. The maximum atomic E-state index is 11.9. The van der Waals surface area contributed by atoms with E-state index in [2.05, 4.69) is 33.1 Å². The summed E-state index contributed by atoms with van der Waals surface area (Å²) in [5, 5.41) is 18.5. The molecule has 2 rings (SSSR count). The highest BCUT2D eigenvalue weighted by molar-refractivity contribution is 7.99. The van der Waals surface area contributed by atoms with Crippen molar-refractivity contribution in [1.82, 2.24) is 30.8 Å². The van der Waals surface area contributed by atoms with Crippen LogP contribution in [0.3, 0.4) is 0 Å². The third-order valence-electron chi connectivity index (χ3n) is 3.17. The molecule has 0 unspecified atom stereocenters. The molecular formula is C12H22N6O2S. The second-order valence-corrected chi connectivity index (χ2v) is 5.72. The minimum Gasteiger partial charge on any atom is -0.381 e. The molecule has 1 aromatic rings. The van der Waals surface area contributed by atoms with Crippen molar-refractivity contribution in [1.29, 1.82) is 0 Å². The van der Waals surface area contributed by atoms with Crippen molar-refractivity contribution in [3.05, 3.63) is 0 Å². The average molecular weight is 314 g/mol. The highest BCUT2D eigenvalue weighted by atomic mass is 32.2. The van der Waals surface area contributed by atoms with Crippen LogP contribution < -0.4 is 10.6 Å². The van der Waals surface area contributed by atoms with Gasteiger partial charge in [0.15, 0.2) is 0 Å². The summed E-state index contributed by atoms with van der Waals surface area (Å²) >= 11 is 1.36. The van der Waals surface area contributed by atoms with Crippen LogP contribution in [0.1, 0.15) is 19.8 Å². The Bertz CT molecular complexity index is 435. The van der Waals surface area contributed by atoms with E-state index in [-0.39, 0.29) is 11.9 Å². The Labute approximate surface area is 128 Å². The third kappa shape index (κ3) is 5.60. The standard InChI is InChI=1S/C12H22N6O2S/c1-2-13-5-6-18-12(15-16-17-18)21-9-11(19)14-10-3-7-20-8-4-10/h10,13H,2-9H2,1H3,(H,14,19). The first-order chi connectivity index (χ1) is 10.3. The van der Waals surface area contributed by atoms with Crippen molar-refractivity contribution in [2.75, 3.05) is 32.1 Å². The molecule has 9 heteroatoms. The molecule has 0 radical (unpaired) electrons. The van der Waals surface area contributed by atoms with Crippen LogP contribution in [0.15, 0.2) is 5.16 Å². The van der Waals surface area contributed by atoms with E-state index in [1.54, 1.807) is 4.68 Å². The predicted molar refractivity (Wildman–Crippen MR) is 79.1 cm³/mol. The third-order valence-corrected chi connectivity index (χ3v) is 4.13. The van der Waals surface area contributed by atoms with Gasteiger partial charge in [-0.05, 0) is 29.8 Å². The number of aromatic nitrogens is 4. The first-order valence-corrected chi connectivity index (χ1v) is 8.25. The maximum Gasteiger partial charge on any atom is 0.230 e. The van der Waals surface area contributed by atoms with Crippen LogP contribution in [0.2, 0.25) is 0 Å². The van der Waals surface area contributed by atoms with Crippen molar-refractivity contribution < 1.29 is 9.53 Å². The second-order valence-electron chi connectivity index (χ2n) is 4.78. The highest BCUT2D eigenvalue weighted by Gasteiger charge is 2.17. The van der Waals surface area contributed by atoms with Gasteiger partial charge in [0.1, 0.15) is 0 Å². The summed E-state index contributed by atoms with van der Waals surface area (Å²) in [6.45, 7) is 5.92. The van der Waals surface area contributed by atoms with Gasteiger partial charge in [-0.2, -0.15) is 0 Å². The first-order valence-electron chi connectivity index (χ1n) is 7.26. The summed E-state index contributed by atoms with van der Waals surface area (Å²) in [5.41, 5.74) is 0. The van der Waals surface area contributed by atoms with Gasteiger partial charge in [-0.1, -0.05) is 18.7 Å². The smallest absolute Gasteiger partial charge is 0.230 e.